The summed E-state index contributed by atoms with van der Waals surface area (Å²) in [6, 6.07) is 3.49. The number of fused-ring (bicyclic) bond motifs is 1. The van der Waals surface area contributed by atoms with Gasteiger partial charge in [-0.25, -0.2) is 0 Å². The maximum atomic E-state index is 5.91. The highest BCUT2D eigenvalue weighted by Crippen LogP contribution is 2.04. The van der Waals surface area contributed by atoms with E-state index in [0.717, 1.165) is 23.8 Å². The molecule has 0 saturated heterocycles. The zero-order valence-corrected chi connectivity index (χ0v) is 7.17. The van der Waals surface area contributed by atoms with Gasteiger partial charge in [-0.05, 0) is 12.1 Å². The Morgan fingerprint density at radius 3 is 2.83 bits per heavy atom. The van der Waals surface area contributed by atoms with Gasteiger partial charge in [-0.2, -0.15) is 0 Å². The molecule has 62 valence electrons. The zero-order valence-electron chi connectivity index (χ0n) is 6.42. The molecule has 1 aliphatic heterocycles. The number of hydrogen-bond donors (Lipinski definition) is 1. The quantitative estimate of drug-likeness (QED) is 0.571. The Hall–Kier alpha value is -1.09. The summed E-state index contributed by atoms with van der Waals surface area (Å²) in [5.41, 5.74) is 6.24. The van der Waals surface area contributed by atoms with Gasteiger partial charge in [-0.1, -0.05) is 11.6 Å². The summed E-state index contributed by atoms with van der Waals surface area (Å²) in [4.78, 5) is 8.51. The number of rotatable bonds is 0. The summed E-state index contributed by atoms with van der Waals surface area (Å²) >= 11 is 5.91. The summed E-state index contributed by atoms with van der Waals surface area (Å²) < 4.78 is 0. The van der Waals surface area contributed by atoms with Crippen LogP contribution in [0.3, 0.4) is 0 Å². The van der Waals surface area contributed by atoms with Crippen LogP contribution >= 0.6 is 11.6 Å². The highest BCUT2D eigenvalue weighted by Gasteiger charge is 2.01. The number of hydrogen-bond acceptors (Lipinski definition) is 3. The van der Waals surface area contributed by atoms with Crippen molar-refractivity contribution in [3.8, 4) is 0 Å². The monoisotopic (exact) mass is 181 g/mol. The molecule has 0 spiro atoms. The molecule has 0 bridgehead atoms. The van der Waals surface area contributed by atoms with Crippen LogP contribution < -0.4 is 16.4 Å². The summed E-state index contributed by atoms with van der Waals surface area (Å²) in [6.45, 7) is 1.45. The van der Waals surface area contributed by atoms with E-state index in [2.05, 4.69) is 9.98 Å². The molecule has 0 unspecified atom stereocenters. The Morgan fingerprint density at radius 1 is 1.25 bits per heavy atom. The molecule has 2 rings (SSSR count). The maximum Gasteiger partial charge on any atom is 0.101 e. The largest absolute Gasteiger partial charge is 0.399 e. The van der Waals surface area contributed by atoms with Crippen molar-refractivity contribution in [3.63, 3.8) is 0 Å². The minimum absolute atomic E-state index is 0.591. The fourth-order valence-electron chi connectivity index (χ4n) is 1.21. The molecule has 1 aliphatic rings. The second kappa shape index (κ2) is 2.75. The predicted octanol–water partition coefficient (Wildman–Crippen LogP) is 0.175. The fourth-order valence-corrected chi connectivity index (χ4v) is 1.50. The van der Waals surface area contributed by atoms with Crippen LogP contribution in [0, 0.1) is 0 Å². The predicted molar refractivity (Wildman–Crippen MR) is 47.9 cm³/mol. The Morgan fingerprint density at radius 2 is 2.00 bits per heavy atom. The van der Waals surface area contributed by atoms with E-state index >= 15 is 0 Å². The lowest BCUT2D eigenvalue weighted by Crippen LogP contribution is -2.31. The average Bonchev–Trinajstić information content (AvgIpc) is 2.04. The summed E-state index contributed by atoms with van der Waals surface area (Å²) in [5, 5.41) is 2.18. The molecular weight excluding hydrogens is 174 g/mol. The number of anilines is 1. The molecule has 0 aromatic heterocycles. The Kier molecular flexibility index (Phi) is 1.73. The van der Waals surface area contributed by atoms with Crippen molar-refractivity contribution in [2.45, 2.75) is 0 Å². The van der Waals surface area contributed by atoms with Gasteiger partial charge in [0.25, 0.3) is 0 Å². The van der Waals surface area contributed by atoms with E-state index in [0.29, 0.717) is 10.7 Å². The van der Waals surface area contributed by atoms with Crippen LogP contribution in [-0.4, -0.2) is 13.1 Å². The molecule has 3 nitrogen and oxygen atoms in total. The number of nitrogens with two attached hydrogens (primary N) is 1. The van der Waals surface area contributed by atoms with Crippen LogP contribution in [0.25, 0.3) is 0 Å². The van der Waals surface area contributed by atoms with E-state index in [9.17, 15) is 0 Å². The van der Waals surface area contributed by atoms with Crippen LogP contribution in [0.1, 0.15) is 0 Å². The van der Waals surface area contributed by atoms with Crippen molar-refractivity contribution in [3.05, 3.63) is 27.9 Å². The van der Waals surface area contributed by atoms with E-state index in [1.165, 1.54) is 0 Å². The maximum absolute atomic E-state index is 5.91. The molecule has 0 aliphatic carbocycles. The molecule has 12 heavy (non-hydrogen) atoms. The van der Waals surface area contributed by atoms with Crippen LogP contribution in [0.2, 0.25) is 5.02 Å². The van der Waals surface area contributed by atoms with Gasteiger partial charge in [0, 0.05) is 5.69 Å². The molecule has 4 heteroatoms. The molecule has 0 saturated carbocycles. The van der Waals surface area contributed by atoms with Crippen molar-refractivity contribution >= 4 is 17.3 Å². The van der Waals surface area contributed by atoms with Gasteiger partial charge in [0.2, 0.25) is 0 Å². The third-order valence-corrected chi connectivity index (χ3v) is 2.01. The first-order chi connectivity index (χ1) is 5.77. The van der Waals surface area contributed by atoms with Gasteiger partial charge >= 0.3 is 0 Å². The number of benzene rings is 1. The zero-order chi connectivity index (χ0) is 8.55. The second-order valence-electron chi connectivity index (χ2n) is 2.63. The van der Waals surface area contributed by atoms with E-state index in [4.69, 9.17) is 17.3 Å². The van der Waals surface area contributed by atoms with Gasteiger partial charge in [0.15, 0.2) is 0 Å². The SMILES string of the molecule is Nc1cc(Cl)c2c(c1)=NCCN=2. The highest BCUT2D eigenvalue weighted by molar-refractivity contribution is 6.30. The van der Waals surface area contributed by atoms with Crippen molar-refractivity contribution < 1.29 is 0 Å². The highest BCUT2D eigenvalue weighted by atomic mass is 35.5. The van der Waals surface area contributed by atoms with Crippen molar-refractivity contribution in [1.29, 1.82) is 0 Å². The Labute approximate surface area is 74.6 Å². The molecule has 0 atom stereocenters. The molecule has 0 radical (unpaired) electrons. The van der Waals surface area contributed by atoms with Gasteiger partial charge in [0.05, 0.1) is 23.5 Å². The normalized spacial score (nSPS) is 14.4. The average molecular weight is 182 g/mol. The summed E-state index contributed by atoms with van der Waals surface area (Å²) in [5.74, 6) is 0. The lowest BCUT2D eigenvalue weighted by atomic mass is 10.3. The standard InChI is InChI=1S/C8H8ClN3/c9-6-3-5(10)4-7-8(6)12-2-1-11-7/h3-4H,1-2,10H2. The van der Waals surface area contributed by atoms with E-state index in [-0.39, 0.29) is 0 Å². The van der Waals surface area contributed by atoms with Crippen molar-refractivity contribution in [1.82, 2.24) is 0 Å². The summed E-state index contributed by atoms with van der Waals surface area (Å²) in [6.07, 6.45) is 0. The van der Waals surface area contributed by atoms with Gasteiger partial charge in [-0.3, -0.25) is 9.98 Å². The smallest absolute Gasteiger partial charge is 0.101 e. The van der Waals surface area contributed by atoms with Gasteiger partial charge in [-0.15, -0.1) is 0 Å². The number of nitrogens with zero attached hydrogens (tertiary/aromatic N) is 2. The van der Waals surface area contributed by atoms with Gasteiger partial charge < -0.3 is 5.73 Å². The van der Waals surface area contributed by atoms with Crippen LogP contribution in [0.4, 0.5) is 5.69 Å². The van der Waals surface area contributed by atoms with Crippen LogP contribution in [-0.2, 0) is 0 Å². The molecule has 1 aromatic carbocycles. The third-order valence-electron chi connectivity index (χ3n) is 1.72. The molecule has 0 amide bonds. The topological polar surface area (TPSA) is 50.7 Å². The van der Waals surface area contributed by atoms with Crippen molar-refractivity contribution in [2.24, 2.45) is 9.98 Å². The van der Waals surface area contributed by atoms with E-state index in [1.807, 2.05) is 0 Å². The number of halogens is 1. The molecule has 2 N–H and O–H groups in total. The first-order valence-corrected chi connectivity index (χ1v) is 4.09. The lowest BCUT2D eigenvalue weighted by Gasteiger charge is -2.01. The van der Waals surface area contributed by atoms with E-state index < -0.39 is 0 Å². The first-order valence-electron chi connectivity index (χ1n) is 3.71. The number of nitrogen functional groups attached to an aromatic ring is 1. The minimum Gasteiger partial charge on any atom is -0.399 e. The molecule has 1 aromatic rings. The molecule has 1 heterocycles. The molecular formula is C8H8ClN3. The van der Waals surface area contributed by atoms with Gasteiger partial charge in [0.1, 0.15) is 5.36 Å². The van der Waals surface area contributed by atoms with Crippen LogP contribution in [0.5, 0.6) is 0 Å². The lowest BCUT2D eigenvalue weighted by molar-refractivity contribution is 0.865. The molecule has 0 fully saturated rings. The van der Waals surface area contributed by atoms with Crippen molar-refractivity contribution in [2.75, 3.05) is 18.8 Å². The second-order valence-corrected chi connectivity index (χ2v) is 3.04. The Bertz CT molecular complexity index is 425. The fraction of sp³-hybridized carbons (Fsp3) is 0.250. The first kappa shape index (κ1) is 7.55. The minimum atomic E-state index is 0.591. The Balaban J connectivity index is 2.87. The summed E-state index contributed by atoms with van der Waals surface area (Å²) in [7, 11) is 0. The van der Waals surface area contributed by atoms with Crippen LogP contribution in [0.15, 0.2) is 22.1 Å². The van der Waals surface area contributed by atoms with E-state index in [1.54, 1.807) is 12.1 Å². The third kappa shape index (κ3) is 1.16.